The van der Waals surface area contributed by atoms with Crippen LogP contribution in [0.1, 0.15) is 35.7 Å². The third kappa shape index (κ3) is 8.28. The molecule has 2 N–H and O–H groups in total. The Morgan fingerprint density at radius 3 is 2.57 bits per heavy atom. The number of benzene rings is 2. The van der Waals surface area contributed by atoms with Crippen molar-refractivity contribution in [2.75, 3.05) is 65.0 Å². The van der Waals surface area contributed by atoms with Crippen molar-refractivity contribution in [2.24, 2.45) is 0 Å². The highest BCUT2D eigenvalue weighted by Crippen LogP contribution is 2.36. The second-order valence-corrected chi connectivity index (χ2v) is 12.0. The van der Waals surface area contributed by atoms with Crippen molar-refractivity contribution in [2.45, 2.75) is 38.1 Å². The van der Waals surface area contributed by atoms with Crippen LogP contribution >= 0.6 is 11.3 Å². The molecule has 0 radical (unpaired) electrons. The first-order chi connectivity index (χ1) is 22.4. The number of ether oxygens (including phenoxy) is 4. The average Bonchev–Trinajstić information content (AvgIpc) is 3.72. The van der Waals surface area contributed by atoms with Crippen molar-refractivity contribution < 1.29 is 33.3 Å². The lowest BCUT2D eigenvalue weighted by Crippen LogP contribution is -2.55. The fourth-order valence-electron chi connectivity index (χ4n) is 5.54. The highest BCUT2D eigenvalue weighted by molar-refractivity contribution is 7.14. The second kappa shape index (κ2) is 16.1. The number of rotatable bonds is 13. The highest BCUT2D eigenvalue weighted by atomic mass is 32.1. The number of methoxy groups -OCH3 is 1. The number of carbonyl (C=O) groups is 3. The summed E-state index contributed by atoms with van der Waals surface area (Å²) in [5.74, 6) is -0.556. The quantitative estimate of drug-likeness (QED) is 0.282. The normalized spacial score (nSPS) is 20.0. The van der Waals surface area contributed by atoms with E-state index in [2.05, 4.69) is 20.5 Å². The maximum absolute atomic E-state index is 13.6. The van der Waals surface area contributed by atoms with Gasteiger partial charge < -0.3 is 29.6 Å². The minimum atomic E-state index is -1.05. The smallest absolute Gasteiger partial charge is 0.413 e. The summed E-state index contributed by atoms with van der Waals surface area (Å²) in [5.41, 5.74) is 1.81. The average molecular weight is 652 g/mol. The Labute approximate surface area is 273 Å². The van der Waals surface area contributed by atoms with E-state index in [9.17, 15) is 14.4 Å². The SMILES string of the molecule is CCC1(CCOC)OC[C@@H](C(=O)Nc2nc(-c3ccc(C(=O)NCCN4CCOCC4)cc3)cs2)N1C(=O)OCc1ccccc1. The standard InChI is InChI=1S/C33H41N5O7S/c1-3-33(13-18-42-2)38(32(41)44-21-24-7-5-4-6-8-24)28(22-45-33)30(40)36-31-35-27(23-46-31)25-9-11-26(12-10-25)29(39)34-14-15-37-16-19-43-20-17-37/h4-12,23,28H,3,13-22H2,1-2H3,(H,34,39)(H,35,36,40)/t28-,33?/m0/s1. The molecule has 0 spiro atoms. The van der Waals surface area contributed by atoms with Gasteiger partial charge in [0.15, 0.2) is 5.13 Å². The molecule has 2 fully saturated rings. The van der Waals surface area contributed by atoms with E-state index in [1.807, 2.05) is 54.8 Å². The number of aromatic nitrogens is 1. The Bertz CT molecular complexity index is 1450. The van der Waals surface area contributed by atoms with Crippen molar-refractivity contribution in [3.8, 4) is 11.3 Å². The predicted octanol–water partition coefficient (Wildman–Crippen LogP) is 3.99. The van der Waals surface area contributed by atoms with E-state index in [1.54, 1.807) is 19.2 Å². The van der Waals surface area contributed by atoms with Gasteiger partial charge in [0.2, 0.25) is 0 Å². The van der Waals surface area contributed by atoms with Gasteiger partial charge in [-0.05, 0) is 24.1 Å². The Balaban J connectivity index is 1.20. The molecular formula is C33H41N5O7S. The fourth-order valence-corrected chi connectivity index (χ4v) is 6.26. The molecule has 46 heavy (non-hydrogen) atoms. The van der Waals surface area contributed by atoms with Crippen LogP contribution in [0.3, 0.4) is 0 Å². The number of hydrogen-bond acceptors (Lipinski definition) is 10. The molecule has 2 aliphatic heterocycles. The van der Waals surface area contributed by atoms with Crippen LogP contribution in [0.2, 0.25) is 0 Å². The lowest BCUT2D eigenvalue weighted by atomic mass is 10.0. The summed E-state index contributed by atoms with van der Waals surface area (Å²) in [6.45, 7) is 6.88. The van der Waals surface area contributed by atoms with Crippen LogP contribution in [-0.2, 0) is 30.3 Å². The maximum atomic E-state index is 13.6. The van der Waals surface area contributed by atoms with Crippen LogP contribution in [-0.4, -0.2) is 104 Å². The number of nitrogens with zero attached hydrogens (tertiary/aromatic N) is 3. The summed E-state index contributed by atoms with van der Waals surface area (Å²) >= 11 is 1.27. The molecule has 0 bridgehead atoms. The van der Waals surface area contributed by atoms with E-state index in [-0.39, 0.29) is 19.1 Å². The molecule has 0 aliphatic carbocycles. The van der Waals surface area contributed by atoms with E-state index in [1.165, 1.54) is 16.2 Å². The lowest BCUT2D eigenvalue weighted by Gasteiger charge is -2.37. The first-order valence-corrected chi connectivity index (χ1v) is 16.4. The monoisotopic (exact) mass is 651 g/mol. The number of thiazole rings is 1. The summed E-state index contributed by atoms with van der Waals surface area (Å²) in [4.78, 5) is 47.9. The van der Waals surface area contributed by atoms with E-state index < -0.39 is 23.8 Å². The number of anilines is 1. The van der Waals surface area contributed by atoms with Gasteiger partial charge in [-0.25, -0.2) is 9.78 Å². The number of amides is 3. The Hall–Kier alpha value is -3.88. The van der Waals surface area contributed by atoms with Gasteiger partial charge in [0.05, 0.1) is 32.1 Å². The molecule has 0 saturated carbocycles. The summed E-state index contributed by atoms with van der Waals surface area (Å²) in [7, 11) is 1.58. The molecule has 12 nitrogen and oxygen atoms in total. The molecule has 246 valence electrons. The van der Waals surface area contributed by atoms with Crippen LogP contribution in [0.25, 0.3) is 11.3 Å². The van der Waals surface area contributed by atoms with Crippen molar-refractivity contribution in [1.29, 1.82) is 0 Å². The second-order valence-electron chi connectivity index (χ2n) is 11.1. The maximum Gasteiger partial charge on any atom is 0.413 e. The molecule has 2 aliphatic rings. The third-order valence-electron chi connectivity index (χ3n) is 8.21. The number of carbonyl (C=O) groups excluding carboxylic acids is 3. The molecule has 3 aromatic rings. The topological polar surface area (TPSA) is 132 Å². The zero-order valence-electron chi connectivity index (χ0n) is 26.2. The van der Waals surface area contributed by atoms with Crippen molar-refractivity contribution in [3.63, 3.8) is 0 Å². The largest absolute Gasteiger partial charge is 0.444 e. The zero-order chi connectivity index (χ0) is 32.4. The molecule has 3 heterocycles. The minimum Gasteiger partial charge on any atom is -0.444 e. The minimum absolute atomic E-state index is 0.0119. The van der Waals surface area contributed by atoms with Crippen molar-refractivity contribution in [3.05, 3.63) is 71.1 Å². The van der Waals surface area contributed by atoms with Crippen LogP contribution in [0.4, 0.5) is 9.93 Å². The van der Waals surface area contributed by atoms with E-state index in [0.717, 1.165) is 44.0 Å². The van der Waals surface area contributed by atoms with Crippen LogP contribution in [0.5, 0.6) is 0 Å². The van der Waals surface area contributed by atoms with E-state index in [0.29, 0.717) is 42.4 Å². The van der Waals surface area contributed by atoms with Gasteiger partial charge in [0.1, 0.15) is 18.4 Å². The summed E-state index contributed by atoms with van der Waals surface area (Å²) < 4.78 is 22.4. The predicted molar refractivity (Wildman–Crippen MR) is 173 cm³/mol. The Morgan fingerprint density at radius 2 is 1.85 bits per heavy atom. The van der Waals surface area contributed by atoms with Crippen molar-refractivity contribution >= 4 is 34.4 Å². The van der Waals surface area contributed by atoms with Gasteiger partial charge in [0.25, 0.3) is 11.8 Å². The molecule has 1 unspecified atom stereocenters. The molecule has 5 rings (SSSR count). The zero-order valence-corrected chi connectivity index (χ0v) is 27.1. The molecule has 2 atom stereocenters. The summed E-state index contributed by atoms with van der Waals surface area (Å²) in [5, 5.41) is 8.05. The van der Waals surface area contributed by atoms with Crippen molar-refractivity contribution in [1.82, 2.24) is 20.1 Å². The first kappa shape index (κ1) is 33.5. The number of morpholine rings is 1. The number of nitrogens with one attached hydrogen (secondary N) is 2. The molecule has 3 amide bonds. The summed E-state index contributed by atoms with van der Waals surface area (Å²) in [6.07, 6.45) is 0.196. The van der Waals surface area contributed by atoms with Crippen LogP contribution in [0, 0.1) is 0 Å². The molecule has 2 saturated heterocycles. The first-order valence-electron chi connectivity index (χ1n) is 15.5. The fraction of sp³-hybridized carbons (Fsp3) is 0.455. The Morgan fingerprint density at radius 1 is 1.09 bits per heavy atom. The lowest BCUT2D eigenvalue weighted by molar-refractivity contribution is -0.123. The molecular weight excluding hydrogens is 610 g/mol. The van der Waals surface area contributed by atoms with Gasteiger partial charge in [-0.15, -0.1) is 11.3 Å². The van der Waals surface area contributed by atoms with Gasteiger partial charge in [0, 0.05) is 56.2 Å². The van der Waals surface area contributed by atoms with E-state index in [4.69, 9.17) is 18.9 Å². The number of hydrogen-bond donors (Lipinski definition) is 2. The van der Waals surface area contributed by atoms with Gasteiger partial charge >= 0.3 is 6.09 Å². The van der Waals surface area contributed by atoms with Gasteiger partial charge in [-0.1, -0.05) is 49.4 Å². The van der Waals surface area contributed by atoms with E-state index >= 15 is 0 Å². The molecule has 13 heteroatoms. The Kier molecular flexibility index (Phi) is 11.7. The van der Waals surface area contributed by atoms with Crippen LogP contribution < -0.4 is 10.6 Å². The summed E-state index contributed by atoms with van der Waals surface area (Å²) in [6, 6.07) is 15.6. The molecule has 1 aromatic heterocycles. The third-order valence-corrected chi connectivity index (χ3v) is 8.97. The molecule has 2 aromatic carbocycles. The van der Waals surface area contributed by atoms with Crippen LogP contribution in [0.15, 0.2) is 60.0 Å². The highest BCUT2D eigenvalue weighted by Gasteiger charge is 2.52. The van der Waals surface area contributed by atoms with Gasteiger partial charge in [-0.2, -0.15) is 0 Å². The van der Waals surface area contributed by atoms with Gasteiger partial charge in [-0.3, -0.25) is 19.4 Å².